The lowest BCUT2D eigenvalue weighted by Crippen LogP contribution is -2.28. The molecule has 2 N–H and O–H groups in total. The number of rotatable bonds is 2. The maximum absolute atomic E-state index is 6.09. The molecule has 1 unspecified atom stereocenters. The van der Waals surface area contributed by atoms with Crippen molar-refractivity contribution in [2.45, 2.75) is 52.0 Å². The molecule has 1 atom stereocenters. The fourth-order valence-electron chi connectivity index (χ4n) is 1.77. The van der Waals surface area contributed by atoms with Crippen LogP contribution in [0, 0.1) is 5.92 Å². The van der Waals surface area contributed by atoms with Crippen molar-refractivity contribution < 1.29 is 0 Å². The van der Waals surface area contributed by atoms with Crippen LogP contribution in [-0.4, -0.2) is 6.04 Å². The minimum atomic E-state index is 0.308. The van der Waals surface area contributed by atoms with Crippen LogP contribution in [0.3, 0.4) is 0 Å². The van der Waals surface area contributed by atoms with Crippen LogP contribution in [0.4, 0.5) is 0 Å². The predicted molar refractivity (Wildman–Crippen MR) is 54.0 cm³/mol. The van der Waals surface area contributed by atoms with Gasteiger partial charge in [0.15, 0.2) is 0 Å². The number of hydrogen-bond donors (Lipinski definition) is 1. The smallest absolute Gasteiger partial charge is 0.0276 e. The molecule has 0 radical (unpaired) electrons. The highest BCUT2D eigenvalue weighted by molar-refractivity contribution is 5.11. The van der Waals surface area contributed by atoms with Gasteiger partial charge in [-0.25, -0.2) is 0 Å². The summed E-state index contributed by atoms with van der Waals surface area (Å²) in [5.41, 5.74) is 7.59. The molecule has 0 saturated heterocycles. The van der Waals surface area contributed by atoms with E-state index in [1.807, 2.05) is 0 Å². The molecule has 1 heteroatoms. The first kappa shape index (κ1) is 9.79. The Morgan fingerprint density at radius 3 is 2.67 bits per heavy atom. The van der Waals surface area contributed by atoms with Crippen molar-refractivity contribution in [3.05, 3.63) is 11.6 Å². The molecule has 0 aromatic heterocycles. The van der Waals surface area contributed by atoms with E-state index >= 15 is 0 Å². The SMILES string of the molecule is CC(C)C(N)C1=CCCCCC1. The fraction of sp³-hybridized carbons (Fsp3) is 0.818. The zero-order valence-electron chi connectivity index (χ0n) is 8.34. The van der Waals surface area contributed by atoms with Gasteiger partial charge in [0.1, 0.15) is 0 Å². The Morgan fingerprint density at radius 1 is 1.25 bits per heavy atom. The lowest BCUT2D eigenvalue weighted by atomic mass is 9.94. The van der Waals surface area contributed by atoms with E-state index in [1.165, 1.54) is 37.7 Å². The summed E-state index contributed by atoms with van der Waals surface area (Å²) in [5, 5.41) is 0. The molecule has 0 heterocycles. The number of nitrogens with two attached hydrogens (primary N) is 1. The van der Waals surface area contributed by atoms with E-state index < -0.39 is 0 Å². The van der Waals surface area contributed by atoms with Crippen molar-refractivity contribution in [2.24, 2.45) is 11.7 Å². The average molecular weight is 167 g/mol. The first-order chi connectivity index (χ1) is 5.72. The Balaban J connectivity index is 2.52. The van der Waals surface area contributed by atoms with Gasteiger partial charge in [0.25, 0.3) is 0 Å². The van der Waals surface area contributed by atoms with E-state index in [0.717, 1.165) is 0 Å². The van der Waals surface area contributed by atoms with Crippen LogP contribution >= 0.6 is 0 Å². The third kappa shape index (κ3) is 2.63. The highest BCUT2D eigenvalue weighted by Gasteiger charge is 2.13. The van der Waals surface area contributed by atoms with Gasteiger partial charge in [0.2, 0.25) is 0 Å². The second-order valence-electron chi connectivity index (χ2n) is 4.15. The standard InChI is InChI=1S/C11H21N/c1-9(2)11(12)10-7-5-3-4-6-8-10/h7,9,11H,3-6,8,12H2,1-2H3. The first-order valence-corrected chi connectivity index (χ1v) is 5.16. The van der Waals surface area contributed by atoms with Crippen LogP contribution in [0.15, 0.2) is 11.6 Å². The molecule has 0 bridgehead atoms. The minimum Gasteiger partial charge on any atom is -0.324 e. The van der Waals surface area contributed by atoms with Crippen LogP contribution in [0.1, 0.15) is 46.0 Å². The highest BCUT2D eigenvalue weighted by atomic mass is 14.6. The summed E-state index contributed by atoms with van der Waals surface area (Å²) >= 11 is 0. The molecule has 0 fully saturated rings. The van der Waals surface area contributed by atoms with Gasteiger partial charge >= 0.3 is 0 Å². The molecule has 0 saturated carbocycles. The average Bonchev–Trinajstić information content (AvgIpc) is 2.30. The predicted octanol–water partition coefficient (Wildman–Crippen LogP) is 2.86. The Hall–Kier alpha value is -0.300. The van der Waals surface area contributed by atoms with E-state index in [4.69, 9.17) is 5.73 Å². The Morgan fingerprint density at radius 2 is 2.00 bits per heavy atom. The number of allylic oxidation sites excluding steroid dienone is 1. The lowest BCUT2D eigenvalue weighted by Gasteiger charge is -2.18. The molecule has 12 heavy (non-hydrogen) atoms. The van der Waals surface area contributed by atoms with Gasteiger partial charge in [-0.2, -0.15) is 0 Å². The molecule has 0 aliphatic heterocycles. The highest BCUT2D eigenvalue weighted by Crippen LogP contribution is 2.21. The summed E-state index contributed by atoms with van der Waals surface area (Å²) in [6.07, 6.45) is 8.93. The summed E-state index contributed by atoms with van der Waals surface area (Å²) in [4.78, 5) is 0. The van der Waals surface area contributed by atoms with Crippen molar-refractivity contribution >= 4 is 0 Å². The molecular weight excluding hydrogens is 146 g/mol. The molecule has 1 aliphatic carbocycles. The minimum absolute atomic E-state index is 0.308. The maximum Gasteiger partial charge on any atom is 0.0276 e. The van der Waals surface area contributed by atoms with Crippen molar-refractivity contribution in [1.29, 1.82) is 0 Å². The van der Waals surface area contributed by atoms with Gasteiger partial charge in [-0.15, -0.1) is 0 Å². The van der Waals surface area contributed by atoms with Gasteiger partial charge in [-0.3, -0.25) is 0 Å². The largest absolute Gasteiger partial charge is 0.324 e. The van der Waals surface area contributed by atoms with E-state index in [2.05, 4.69) is 19.9 Å². The van der Waals surface area contributed by atoms with Crippen molar-refractivity contribution in [3.8, 4) is 0 Å². The zero-order chi connectivity index (χ0) is 8.97. The van der Waals surface area contributed by atoms with Gasteiger partial charge in [-0.1, -0.05) is 31.9 Å². The second-order valence-corrected chi connectivity index (χ2v) is 4.15. The lowest BCUT2D eigenvalue weighted by molar-refractivity contribution is 0.530. The van der Waals surface area contributed by atoms with Gasteiger partial charge in [-0.05, 0) is 31.6 Å². The van der Waals surface area contributed by atoms with Crippen molar-refractivity contribution in [1.82, 2.24) is 0 Å². The normalized spacial score (nSPS) is 21.8. The first-order valence-electron chi connectivity index (χ1n) is 5.16. The third-order valence-electron chi connectivity index (χ3n) is 2.72. The quantitative estimate of drug-likeness (QED) is 0.629. The van der Waals surface area contributed by atoms with Crippen LogP contribution < -0.4 is 5.73 Å². The summed E-state index contributed by atoms with van der Waals surface area (Å²) in [5.74, 6) is 0.592. The topological polar surface area (TPSA) is 26.0 Å². The molecule has 1 aliphatic rings. The van der Waals surface area contributed by atoms with Crippen LogP contribution in [-0.2, 0) is 0 Å². The molecule has 1 rings (SSSR count). The molecular formula is C11H21N. The van der Waals surface area contributed by atoms with E-state index in [-0.39, 0.29) is 0 Å². The Bertz CT molecular complexity index is 158. The molecule has 1 nitrogen and oxygen atoms in total. The fourth-order valence-corrected chi connectivity index (χ4v) is 1.77. The summed E-state index contributed by atoms with van der Waals surface area (Å²) in [7, 11) is 0. The molecule has 0 amide bonds. The van der Waals surface area contributed by atoms with Gasteiger partial charge < -0.3 is 5.73 Å². The van der Waals surface area contributed by atoms with E-state index in [0.29, 0.717) is 12.0 Å². The van der Waals surface area contributed by atoms with Gasteiger partial charge in [0.05, 0.1) is 0 Å². The molecule has 0 aromatic carbocycles. The summed E-state index contributed by atoms with van der Waals surface area (Å²) in [6.45, 7) is 4.41. The van der Waals surface area contributed by atoms with Crippen molar-refractivity contribution in [2.75, 3.05) is 0 Å². The summed E-state index contributed by atoms with van der Waals surface area (Å²) < 4.78 is 0. The van der Waals surface area contributed by atoms with Crippen molar-refractivity contribution in [3.63, 3.8) is 0 Å². The Labute approximate surface area is 76.0 Å². The zero-order valence-corrected chi connectivity index (χ0v) is 8.34. The monoisotopic (exact) mass is 167 g/mol. The molecule has 70 valence electrons. The van der Waals surface area contributed by atoms with Crippen LogP contribution in [0.5, 0.6) is 0 Å². The summed E-state index contributed by atoms with van der Waals surface area (Å²) in [6, 6.07) is 0.308. The molecule has 0 spiro atoms. The molecule has 0 aromatic rings. The van der Waals surface area contributed by atoms with E-state index in [9.17, 15) is 0 Å². The van der Waals surface area contributed by atoms with E-state index in [1.54, 1.807) is 0 Å². The second kappa shape index (κ2) is 4.66. The number of hydrogen-bond acceptors (Lipinski definition) is 1. The maximum atomic E-state index is 6.09. The third-order valence-corrected chi connectivity index (χ3v) is 2.72. The Kier molecular flexibility index (Phi) is 3.80. The van der Waals surface area contributed by atoms with Gasteiger partial charge in [0, 0.05) is 6.04 Å². The van der Waals surface area contributed by atoms with Crippen LogP contribution in [0.25, 0.3) is 0 Å². The van der Waals surface area contributed by atoms with Crippen LogP contribution in [0.2, 0.25) is 0 Å².